The van der Waals surface area contributed by atoms with Crippen molar-refractivity contribution in [3.05, 3.63) is 30.3 Å². The van der Waals surface area contributed by atoms with Gasteiger partial charge in [-0.25, -0.2) is 8.42 Å². The summed E-state index contributed by atoms with van der Waals surface area (Å²) in [6.07, 6.45) is -0.438. The lowest BCUT2D eigenvalue weighted by atomic mass is 10.2. The van der Waals surface area contributed by atoms with Crippen molar-refractivity contribution in [2.45, 2.75) is 57.1 Å². The van der Waals surface area contributed by atoms with Gasteiger partial charge in [0.15, 0.2) is 8.32 Å². The van der Waals surface area contributed by atoms with Gasteiger partial charge in [0, 0.05) is 0 Å². The molecule has 1 heterocycles. The van der Waals surface area contributed by atoms with E-state index < -0.39 is 24.3 Å². The molecule has 25 heavy (non-hydrogen) atoms. The fourth-order valence-electron chi connectivity index (χ4n) is 2.20. The van der Waals surface area contributed by atoms with Crippen molar-refractivity contribution in [2.24, 2.45) is 0 Å². The van der Waals surface area contributed by atoms with Crippen LogP contribution in [0.5, 0.6) is 0 Å². The third kappa shape index (κ3) is 4.53. The molecule has 138 valence electrons. The van der Waals surface area contributed by atoms with Gasteiger partial charge in [-0.05, 0) is 47.6 Å². The molecule has 0 saturated carbocycles. The van der Waals surface area contributed by atoms with E-state index in [1.54, 1.807) is 31.2 Å². The molecule has 0 aliphatic heterocycles. The summed E-state index contributed by atoms with van der Waals surface area (Å²) in [6, 6.07) is 8.96. The van der Waals surface area contributed by atoms with Crippen LogP contribution in [0.3, 0.4) is 0 Å². The third-order valence-corrected chi connectivity index (χ3v) is 10.8. The normalized spacial score (nSPS) is 14.5. The van der Waals surface area contributed by atoms with Gasteiger partial charge in [-0.1, -0.05) is 44.1 Å². The van der Waals surface area contributed by atoms with Crippen LogP contribution >= 0.6 is 0 Å². The summed E-state index contributed by atoms with van der Waals surface area (Å²) in [5.74, 6) is -0.160. The van der Waals surface area contributed by atoms with Crippen molar-refractivity contribution in [3.8, 4) is 5.69 Å². The summed E-state index contributed by atoms with van der Waals surface area (Å²) in [5, 5.41) is 10.9. The maximum atomic E-state index is 12.8. The second-order valence-electron chi connectivity index (χ2n) is 7.68. The summed E-state index contributed by atoms with van der Waals surface area (Å²) >= 11 is 0. The molecule has 0 radical (unpaired) electrons. The molecule has 7 nitrogen and oxygen atoms in total. The lowest BCUT2D eigenvalue weighted by Crippen LogP contribution is -2.44. The van der Waals surface area contributed by atoms with E-state index in [1.165, 1.54) is 4.68 Å². The number of para-hydroxylation sites is 1. The van der Waals surface area contributed by atoms with E-state index in [1.807, 2.05) is 6.07 Å². The lowest BCUT2D eigenvalue weighted by Gasteiger charge is -2.38. The van der Waals surface area contributed by atoms with Crippen molar-refractivity contribution in [1.29, 1.82) is 0 Å². The molecule has 0 saturated heterocycles. The van der Waals surface area contributed by atoms with E-state index in [-0.39, 0.29) is 15.9 Å². The van der Waals surface area contributed by atoms with E-state index in [4.69, 9.17) is 4.43 Å². The Labute approximate surface area is 150 Å². The molecule has 0 aliphatic carbocycles. The first-order valence-corrected chi connectivity index (χ1v) is 12.7. The highest BCUT2D eigenvalue weighted by Gasteiger charge is 2.39. The Morgan fingerprint density at radius 3 is 2.36 bits per heavy atom. The molecule has 9 heteroatoms. The SMILES string of the molecule is C[C@@H](CS(=O)(=O)c1nnnn1-c1ccccc1)O[Si](C)(C)C(C)(C)C. The number of nitrogens with zero attached hydrogens (tertiary/aromatic N) is 4. The topological polar surface area (TPSA) is 87.0 Å². The van der Waals surface area contributed by atoms with Gasteiger partial charge in [0.1, 0.15) is 0 Å². The van der Waals surface area contributed by atoms with Gasteiger partial charge in [0.25, 0.3) is 5.16 Å². The molecule has 0 unspecified atom stereocenters. The van der Waals surface area contributed by atoms with Crippen LogP contribution in [0.25, 0.3) is 5.69 Å². The zero-order chi connectivity index (χ0) is 18.9. The van der Waals surface area contributed by atoms with Crippen molar-refractivity contribution in [2.75, 3.05) is 5.75 Å². The Kier molecular flexibility index (Phi) is 5.50. The highest BCUT2D eigenvalue weighted by molar-refractivity contribution is 7.91. The summed E-state index contributed by atoms with van der Waals surface area (Å²) in [5.41, 5.74) is 0.601. The van der Waals surface area contributed by atoms with Gasteiger partial charge < -0.3 is 4.43 Å². The molecule has 0 amide bonds. The number of hydrogen-bond acceptors (Lipinski definition) is 6. The zero-order valence-corrected chi connectivity index (χ0v) is 17.4. The predicted octanol–water partition coefficient (Wildman–Crippen LogP) is 2.85. The summed E-state index contributed by atoms with van der Waals surface area (Å²) < 4.78 is 33.0. The Morgan fingerprint density at radius 2 is 1.80 bits per heavy atom. The van der Waals surface area contributed by atoms with Crippen LogP contribution in [-0.2, 0) is 14.3 Å². The maximum absolute atomic E-state index is 12.8. The third-order valence-electron chi connectivity index (χ3n) is 4.48. The van der Waals surface area contributed by atoms with Crippen LogP contribution in [0.4, 0.5) is 0 Å². The highest BCUT2D eigenvalue weighted by atomic mass is 32.2. The first-order chi connectivity index (χ1) is 11.4. The minimum Gasteiger partial charge on any atom is -0.413 e. The highest BCUT2D eigenvalue weighted by Crippen LogP contribution is 2.37. The Morgan fingerprint density at radius 1 is 1.20 bits per heavy atom. The first-order valence-electron chi connectivity index (χ1n) is 8.18. The number of aromatic nitrogens is 4. The summed E-state index contributed by atoms with van der Waals surface area (Å²) in [4.78, 5) is 0. The maximum Gasteiger partial charge on any atom is 0.272 e. The van der Waals surface area contributed by atoms with Crippen LogP contribution in [-0.4, -0.2) is 48.8 Å². The summed E-state index contributed by atoms with van der Waals surface area (Å²) in [6.45, 7) is 12.4. The molecule has 1 atom stereocenters. The monoisotopic (exact) mass is 382 g/mol. The second kappa shape index (κ2) is 6.97. The molecular weight excluding hydrogens is 356 g/mol. The molecule has 0 N–H and O–H groups in total. The smallest absolute Gasteiger partial charge is 0.272 e. The van der Waals surface area contributed by atoms with Crippen LogP contribution in [0.1, 0.15) is 27.7 Å². The molecule has 0 spiro atoms. The van der Waals surface area contributed by atoms with E-state index in [2.05, 4.69) is 49.4 Å². The largest absolute Gasteiger partial charge is 0.413 e. The fraction of sp³-hybridized carbons (Fsp3) is 0.562. The minimum atomic E-state index is -3.69. The quantitative estimate of drug-likeness (QED) is 0.714. The molecule has 0 aliphatic rings. The Bertz CT molecular complexity index is 813. The van der Waals surface area contributed by atoms with Gasteiger partial charge in [0.2, 0.25) is 9.84 Å². The first kappa shape index (κ1) is 19.7. The number of sulfone groups is 1. The number of hydrogen-bond donors (Lipinski definition) is 0. The van der Waals surface area contributed by atoms with Crippen LogP contribution < -0.4 is 0 Å². The second-order valence-corrected chi connectivity index (χ2v) is 14.4. The molecule has 0 fully saturated rings. The van der Waals surface area contributed by atoms with Crippen molar-refractivity contribution < 1.29 is 12.8 Å². The number of rotatable bonds is 6. The van der Waals surface area contributed by atoms with Crippen molar-refractivity contribution >= 4 is 18.2 Å². The summed E-state index contributed by atoms with van der Waals surface area (Å²) in [7, 11) is -5.74. The fourth-order valence-corrected chi connectivity index (χ4v) is 5.17. The molecule has 2 rings (SSSR count). The van der Waals surface area contributed by atoms with Crippen molar-refractivity contribution in [3.63, 3.8) is 0 Å². The molecule has 1 aromatic carbocycles. The Balaban J connectivity index is 2.23. The average molecular weight is 383 g/mol. The molecular formula is C16H26N4O3SSi. The Hall–Kier alpha value is -1.58. The predicted molar refractivity (Wildman–Crippen MR) is 99.0 cm³/mol. The molecule has 2 aromatic rings. The van der Waals surface area contributed by atoms with Gasteiger partial charge >= 0.3 is 0 Å². The molecule has 1 aromatic heterocycles. The van der Waals surface area contributed by atoms with Crippen LogP contribution in [0, 0.1) is 0 Å². The van der Waals surface area contributed by atoms with E-state index in [0.717, 1.165) is 0 Å². The van der Waals surface area contributed by atoms with Gasteiger partial charge in [-0.15, -0.1) is 0 Å². The lowest BCUT2D eigenvalue weighted by molar-refractivity contribution is 0.219. The van der Waals surface area contributed by atoms with Gasteiger partial charge in [-0.2, -0.15) is 4.68 Å². The standard InChI is InChI=1S/C16H26N4O3SSi/c1-13(23-25(5,6)16(2,3)4)12-24(21,22)15-17-18-19-20(15)14-10-8-7-9-11-14/h7-11,13H,12H2,1-6H3/t13-/m0/s1. The average Bonchev–Trinajstić information content (AvgIpc) is 2.96. The van der Waals surface area contributed by atoms with Crippen molar-refractivity contribution in [1.82, 2.24) is 20.2 Å². The van der Waals surface area contributed by atoms with Gasteiger partial charge in [-0.3, -0.25) is 0 Å². The van der Waals surface area contributed by atoms with Crippen LogP contribution in [0.15, 0.2) is 35.5 Å². The molecule has 0 bridgehead atoms. The van der Waals surface area contributed by atoms with E-state index in [0.29, 0.717) is 5.69 Å². The van der Waals surface area contributed by atoms with Gasteiger partial charge in [0.05, 0.1) is 17.5 Å². The van der Waals surface area contributed by atoms with E-state index >= 15 is 0 Å². The van der Waals surface area contributed by atoms with Crippen LogP contribution in [0.2, 0.25) is 18.1 Å². The zero-order valence-electron chi connectivity index (χ0n) is 15.6. The van der Waals surface area contributed by atoms with E-state index in [9.17, 15) is 8.42 Å². The minimum absolute atomic E-state index is 0.0106. The number of benzene rings is 1. The number of tetrazole rings is 1.